The quantitative estimate of drug-likeness (QED) is 0.624. The van der Waals surface area contributed by atoms with Crippen LogP contribution in [0.25, 0.3) is 11.1 Å². The van der Waals surface area contributed by atoms with E-state index in [0.29, 0.717) is 11.5 Å². The fraction of sp³-hybridized carbons (Fsp3) is 0.292. The first-order valence-corrected chi connectivity index (χ1v) is 10.7. The first-order valence-electron chi connectivity index (χ1n) is 10.4. The summed E-state index contributed by atoms with van der Waals surface area (Å²) < 4.78 is 0. The summed E-state index contributed by atoms with van der Waals surface area (Å²) in [6.07, 6.45) is 3.99. The van der Waals surface area contributed by atoms with E-state index in [2.05, 4.69) is 16.0 Å². The Kier molecular flexibility index (Phi) is 6.20. The van der Waals surface area contributed by atoms with Crippen molar-refractivity contribution >= 4 is 23.5 Å². The predicted octanol–water partition coefficient (Wildman–Crippen LogP) is 4.30. The van der Waals surface area contributed by atoms with Crippen LogP contribution in [0.5, 0.6) is 0 Å². The molecule has 0 saturated carbocycles. The van der Waals surface area contributed by atoms with Gasteiger partial charge in [0.2, 0.25) is 11.9 Å². The number of likely N-dealkylation sites (tertiary alicyclic amines) is 1. The second-order valence-corrected chi connectivity index (χ2v) is 8.43. The summed E-state index contributed by atoms with van der Waals surface area (Å²) in [7, 11) is 3.88. The lowest BCUT2D eigenvalue weighted by Gasteiger charge is -2.27. The lowest BCUT2D eigenvalue weighted by Crippen LogP contribution is -2.25. The van der Waals surface area contributed by atoms with E-state index in [-0.39, 0.29) is 6.04 Å². The Morgan fingerprint density at radius 3 is 2.61 bits per heavy atom. The van der Waals surface area contributed by atoms with Crippen LogP contribution in [-0.4, -0.2) is 41.4 Å². The SMILES string of the molecule is CN(C)c1ncc(-c2ccc(C(N)=O)cc2)c(C2CCCN2Cc2ccccc2Cl)n1. The van der Waals surface area contributed by atoms with Crippen LogP contribution in [0, 0.1) is 0 Å². The molecule has 0 aliphatic carbocycles. The minimum Gasteiger partial charge on any atom is -0.366 e. The number of rotatable bonds is 6. The Bertz CT molecular complexity index is 1080. The van der Waals surface area contributed by atoms with E-state index in [9.17, 15) is 4.79 Å². The first-order chi connectivity index (χ1) is 14.9. The number of aromatic nitrogens is 2. The molecule has 31 heavy (non-hydrogen) atoms. The van der Waals surface area contributed by atoms with Gasteiger partial charge in [0.25, 0.3) is 0 Å². The van der Waals surface area contributed by atoms with Gasteiger partial charge in [0.05, 0.1) is 11.7 Å². The summed E-state index contributed by atoms with van der Waals surface area (Å²) in [5, 5.41) is 0.784. The third-order valence-corrected chi connectivity index (χ3v) is 6.07. The fourth-order valence-electron chi connectivity index (χ4n) is 4.06. The molecule has 1 aromatic heterocycles. The van der Waals surface area contributed by atoms with Gasteiger partial charge in [-0.05, 0) is 48.7 Å². The summed E-state index contributed by atoms with van der Waals surface area (Å²) in [5.41, 5.74) is 9.93. The molecule has 1 unspecified atom stereocenters. The Balaban J connectivity index is 1.73. The molecule has 1 amide bonds. The van der Waals surface area contributed by atoms with Crippen molar-refractivity contribution in [2.45, 2.75) is 25.4 Å². The highest BCUT2D eigenvalue weighted by Crippen LogP contribution is 2.38. The molecule has 0 spiro atoms. The van der Waals surface area contributed by atoms with Crippen molar-refractivity contribution in [3.05, 3.63) is 76.6 Å². The number of nitrogens with zero attached hydrogens (tertiary/aromatic N) is 4. The molecule has 0 bridgehead atoms. The molecule has 1 fully saturated rings. The molecule has 1 atom stereocenters. The molecular weight excluding hydrogens is 410 g/mol. The van der Waals surface area contributed by atoms with E-state index in [1.807, 2.05) is 55.5 Å². The van der Waals surface area contributed by atoms with E-state index in [0.717, 1.165) is 53.3 Å². The molecule has 2 heterocycles. The fourth-order valence-corrected chi connectivity index (χ4v) is 4.26. The lowest BCUT2D eigenvalue weighted by molar-refractivity contribution is 0.100. The monoisotopic (exact) mass is 435 g/mol. The number of nitrogens with two attached hydrogens (primary N) is 1. The minimum atomic E-state index is -0.437. The number of carbonyl (C=O) groups is 1. The van der Waals surface area contributed by atoms with Crippen molar-refractivity contribution in [3.8, 4) is 11.1 Å². The zero-order chi connectivity index (χ0) is 22.0. The topological polar surface area (TPSA) is 75.4 Å². The maximum atomic E-state index is 11.5. The molecule has 2 N–H and O–H groups in total. The van der Waals surface area contributed by atoms with Gasteiger partial charge >= 0.3 is 0 Å². The molecule has 6 nitrogen and oxygen atoms in total. The lowest BCUT2D eigenvalue weighted by atomic mass is 9.98. The van der Waals surface area contributed by atoms with Gasteiger partial charge in [-0.2, -0.15) is 0 Å². The van der Waals surface area contributed by atoms with Gasteiger partial charge in [-0.15, -0.1) is 0 Å². The smallest absolute Gasteiger partial charge is 0.248 e. The molecule has 7 heteroatoms. The Morgan fingerprint density at radius 1 is 1.19 bits per heavy atom. The van der Waals surface area contributed by atoms with Crippen molar-refractivity contribution in [2.75, 3.05) is 25.5 Å². The number of primary amides is 1. The summed E-state index contributed by atoms with van der Waals surface area (Å²) in [5.74, 6) is 0.241. The average Bonchev–Trinajstić information content (AvgIpc) is 3.23. The predicted molar refractivity (Wildman–Crippen MR) is 124 cm³/mol. The Labute approximate surface area is 187 Å². The van der Waals surface area contributed by atoms with E-state index in [4.69, 9.17) is 22.3 Å². The third-order valence-electron chi connectivity index (χ3n) is 5.70. The highest BCUT2D eigenvalue weighted by molar-refractivity contribution is 6.31. The maximum absolute atomic E-state index is 11.5. The third kappa shape index (κ3) is 4.55. The van der Waals surface area contributed by atoms with Crippen LogP contribution in [0.1, 0.15) is 40.5 Å². The minimum absolute atomic E-state index is 0.156. The van der Waals surface area contributed by atoms with Crippen molar-refractivity contribution in [1.82, 2.24) is 14.9 Å². The van der Waals surface area contributed by atoms with Gasteiger partial charge in [-0.25, -0.2) is 9.97 Å². The molecular formula is C24H26ClN5O. The standard InChI is InChI=1S/C24H26ClN5O/c1-29(2)24-27-14-19(16-9-11-17(12-10-16)23(26)31)22(28-24)21-8-5-13-30(21)15-18-6-3-4-7-20(18)25/h3-4,6-7,9-12,14,21H,5,8,13,15H2,1-2H3,(H2,26,31). The van der Waals surface area contributed by atoms with Crippen LogP contribution in [0.4, 0.5) is 5.95 Å². The second-order valence-electron chi connectivity index (χ2n) is 8.02. The van der Waals surface area contributed by atoms with Crippen molar-refractivity contribution in [2.24, 2.45) is 5.73 Å². The number of benzene rings is 2. The van der Waals surface area contributed by atoms with Crippen LogP contribution in [0.2, 0.25) is 5.02 Å². The molecule has 1 aliphatic heterocycles. The van der Waals surface area contributed by atoms with Gasteiger partial charge in [0.15, 0.2) is 0 Å². The maximum Gasteiger partial charge on any atom is 0.248 e. The zero-order valence-corrected chi connectivity index (χ0v) is 18.5. The summed E-state index contributed by atoms with van der Waals surface area (Å²) in [4.78, 5) is 25.3. The van der Waals surface area contributed by atoms with E-state index < -0.39 is 5.91 Å². The summed E-state index contributed by atoms with van der Waals surface area (Å²) in [6.45, 7) is 1.75. The van der Waals surface area contributed by atoms with Crippen LogP contribution < -0.4 is 10.6 Å². The van der Waals surface area contributed by atoms with Gasteiger partial charge in [-0.1, -0.05) is 41.9 Å². The largest absolute Gasteiger partial charge is 0.366 e. The number of hydrogen-bond acceptors (Lipinski definition) is 5. The van der Waals surface area contributed by atoms with E-state index in [1.54, 1.807) is 12.1 Å². The van der Waals surface area contributed by atoms with Crippen molar-refractivity contribution in [1.29, 1.82) is 0 Å². The Morgan fingerprint density at radius 2 is 1.94 bits per heavy atom. The molecule has 0 radical (unpaired) electrons. The normalized spacial score (nSPS) is 16.4. The molecule has 2 aromatic carbocycles. The van der Waals surface area contributed by atoms with Gasteiger partial charge in [0.1, 0.15) is 0 Å². The number of halogens is 1. The molecule has 1 saturated heterocycles. The zero-order valence-electron chi connectivity index (χ0n) is 17.8. The number of anilines is 1. The first kappa shape index (κ1) is 21.3. The number of carbonyl (C=O) groups excluding carboxylic acids is 1. The van der Waals surface area contributed by atoms with Gasteiger partial charge in [0, 0.05) is 43.0 Å². The van der Waals surface area contributed by atoms with E-state index in [1.165, 1.54) is 0 Å². The van der Waals surface area contributed by atoms with Crippen LogP contribution in [0.15, 0.2) is 54.7 Å². The average molecular weight is 436 g/mol. The van der Waals surface area contributed by atoms with Crippen LogP contribution in [-0.2, 0) is 6.54 Å². The van der Waals surface area contributed by atoms with Gasteiger partial charge < -0.3 is 10.6 Å². The van der Waals surface area contributed by atoms with Crippen molar-refractivity contribution in [3.63, 3.8) is 0 Å². The molecule has 1 aliphatic rings. The highest BCUT2D eigenvalue weighted by Gasteiger charge is 2.30. The van der Waals surface area contributed by atoms with Crippen LogP contribution in [0.3, 0.4) is 0 Å². The summed E-state index contributed by atoms with van der Waals surface area (Å²) >= 11 is 6.43. The highest BCUT2D eigenvalue weighted by atomic mass is 35.5. The molecule has 3 aromatic rings. The van der Waals surface area contributed by atoms with E-state index >= 15 is 0 Å². The van der Waals surface area contributed by atoms with Gasteiger partial charge in [-0.3, -0.25) is 9.69 Å². The second kappa shape index (κ2) is 9.04. The van der Waals surface area contributed by atoms with Crippen molar-refractivity contribution < 1.29 is 4.79 Å². The van der Waals surface area contributed by atoms with Crippen LogP contribution >= 0.6 is 11.6 Å². The number of amides is 1. The molecule has 4 rings (SSSR count). The molecule has 160 valence electrons. The Hall–Kier alpha value is -2.96. The summed E-state index contributed by atoms with van der Waals surface area (Å²) in [6, 6.07) is 15.4. The number of hydrogen-bond donors (Lipinski definition) is 1.